The zero-order valence-corrected chi connectivity index (χ0v) is 17.7. The summed E-state index contributed by atoms with van der Waals surface area (Å²) in [6.07, 6.45) is 1.01. The Morgan fingerprint density at radius 2 is 1.78 bits per heavy atom. The highest BCUT2D eigenvalue weighted by Crippen LogP contribution is 2.20. The third kappa shape index (κ3) is 5.43. The molecule has 0 aliphatic rings. The van der Waals surface area contributed by atoms with Gasteiger partial charge in [0.05, 0.1) is 5.75 Å². The van der Waals surface area contributed by atoms with E-state index in [0.717, 1.165) is 27.8 Å². The molecule has 0 radical (unpaired) electrons. The predicted molar refractivity (Wildman–Crippen MR) is 113 cm³/mol. The van der Waals surface area contributed by atoms with Gasteiger partial charge < -0.3 is 4.90 Å². The van der Waals surface area contributed by atoms with E-state index in [1.54, 1.807) is 4.90 Å². The fourth-order valence-corrected chi connectivity index (χ4v) is 3.53. The first-order chi connectivity index (χ1) is 13.0. The second kappa shape index (κ2) is 9.19. The van der Waals surface area contributed by atoms with Gasteiger partial charge in [-0.05, 0) is 29.7 Å². The van der Waals surface area contributed by atoms with Gasteiger partial charge in [0, 0.05) is 23.6 Å². The van der Waals surface area contributed by atoms with Gasteiger partial charge >= 0.3 is 0 Å². The maximum absolute atomic E-state index is 12.4. The van der Waals surface area contributed by atoms with E-state index in [0.29, 0.717) is 17.5 Å². The SMILES string of the molecule is CCc1ccc(-c2nc(SCC(=O)N(C)Cc3ccc(Br)cc3)n[nH]2)cc1. The van der Waals surface area contributed by atoms with Crippen molar-refractivity contribution in [3.63, 3.8) is 0 Å². The predicted octanol–water partition coefficient (Wildman–Crippen LogP) is 4.55. The molecule has 0 saturated carbocycles. The number of aromatic amines is 1. The van der Waals surface area contributed by atoms with Gasteiger partial charge in [-0.2, -0.15) is 0 Å². The van der Waals surface area contributed by atoms with Crippen LogP contribution in [-0.2, 0) is 17.8 Å². The first-order valence-corrected chi connectivity index (χ1v) is 10.5. The molecular formula is C20H21BrN4OS. The van der Waals surface area contributed by atoms with E-state index in [-0.39, 0.29) is 5.91 Å². The van der Waals surface area contributed by atoms with Crippen molar-refractivity contribution in [1.29, 1.82) is 0 Å². The molecule has 1 amide bonds. The number of nitrogens with zero attached hydrogens (tertiary/aromatic N) is 3. The summed E-state index contributed by atoms with van der Waals surface area (Å²) in [4.78, 5) is 18.6. The molecule has 0 bridgehead atoms. The zero-order chi connectivity index (χ0) is 19.2. The molecule has 3 rings (SSSR count). The standard InChI is InChI=1S/C20H21BrN4OS/c1-3-14-4-8-16(9-5-14)19-22-20(24-23-19)27-13-18(26)25(2)12-15-6-10-17(21)11-7-15/h4-11H,3,12-13H2,1-2H3,(H,22,23,24). The molecule has 1 aromatic heterocycles. The lowest BCUT2D eigenvalue weighted by molar-refractivity contribution is -0.127. The van der Waals surface area contributed by atoms with Gasteiger partial charge in [0.15, 0.2) is 5.82 Å². The largest absolute Gasteiger partial charge is 0.341 e. The monoisotopic (exact) mass is 444 g/mol. The van der Waals surface area contributed by atoms with Crippen molar-refractivity contribution in [2.75, 3.05) is 12.8 Å². The number of halogens is 1. The minimum atomic E-state index is 0.0431. The lowest BCUT2D eigenvalue weighted by atomic mass is 10.1. The number of benzene rings is 2. The lowest BCUT2D eigenvalue weighted by Crippen LogP contribution is -2.27. The molecule has 140 valence electrons. The lowest BCUT2D eigenvalue weighted by Gasteiger charge is -2.16. The smallest absolute Gasteiger partial charge is 0.233 e. The quantitative estimate of drug-likeness (QED) is 0.543. The Bertz CT molecular complexity index is 893. The van der Waals surface area contributed by atoms with Gasteiger partial charge in [0.2, 0.25) is 11.1 Å². The van der Waals surface area contributed by atoms with Gasteiger partial charge in [0.25, 0.3) is 0 Å². The summed E-state index contributed by atoms with van der Waals surface area (Å²) < 4.78 is 1.03. The molecule has 0 unspecified atom stereocenters. The fourth-order valence-electron chi connectivity index (χ4n) is 2.53. The van der Waals surface area contributed by atoms with Gasteiger partial charge in [0.1, 0.15) is 0 Å². The van der Waals surface area contributed by atoms with Crippen LogP contribution in [0.1, 0.15) is 18.1 Å². The average Bonchev–Trinajstić information content (AvgIpc) is 3.17. The highest BCUT2D eigenvalue weighted by Gasteiger charge is 2.13. The summed E-state index contributed by atoms with van der Waals surface area (Å²) in [5.74, 6) is 1.07. The number of H-pyrrole nitrogens is 1. The van der Waals surface area contributed by atoms with Gasteiger partial charge in [-0.15, -0.1) is 5.10 Å². The molecule has 0 atom stereocenters. The number of amides is 1. The van der Waals surface area contributed by atoms with Gasteiger partial charge in [-0.1, -0.05) is 71.0 Å². The summed E-state index contributed by atoms with van der Waals surface area (Å²) in [5, 5.41) is 7.74. The molecule has 0 spiro atoms. The molecule has 1 N–H and O–H groups in total. The molecule has 1 heterocycles. The highest BCUT2D eigenvalue weighted by atomic mass is 79.9. The van der Waals surface area contributed by atoms with Crippen molar-refractivity contribution in [2.24, 2.45) is 0 Å². The molecule has 7 heteroatoms. The van der Waals surface area contributed by atoms with E-state index in [1.165, 1.54) is 17.3 Å². The summed E-state index contributed by atoms with van der Waals surface area (Å²) in [7, 11) is 1.81. The molecular weight excluding hydrogens is 424 g/mol. The van der Waals surface area contributed by atoms with Crippen LogP contribution in [-0.4, -0.2) is 38.8 Å². The van der Waals surface area contributed by atoms with E-state index in [9.17, 15) is 4.79 Å². The van der Waals surface area contributed by atoms with Crippen LogP contribution in [0.2, 0.25) is 0 Å². The molecule has 3 aromatic rings. The van der Waals surface area contributed by atoms with Gasteiger partial charge in [-0.25, -0.2) is 4.98 Å². The molecule has 0 fully saturated rings. The van der Waals surface area contributed by atoms with Crippen molar-refractivity contribution in [3.8, 4) is 11.4 Å². The fraction of sp³-hybridized carbons (Fsp3) is 0.250. The maximum Gasteiger partial charge on any atom is 0.233 e. The molecule has 0 saturated heterocycles. The average molecular weight is 445 g/mol. The number of carbonyl (C=O) groups is 1. The molecule has 0 aliphatic carbocycles. The van der Waals surface area contributed by atoms with Crippen LogP contribution < -0.4 is 0 Å². The van der Waals surface area contributed by atoms with E-state index >= 15 is 0 Å². The first kappa shape index (κ1) is 19.6. The van der Waals surface area contributed by atoms with E-state index in [1.807, 2.05) is 43.4 Å². The summed E-state index contributed by atoms with van der Waals surface area (Å²) in [6, 6.07) is 16.2. The van der Waals surface area contributed by atoms with Crippen molar-refractivity contribution in [1.82, 2.24) is 20.1 Å². The van der Waals surface area contributed by atoms with Crippen LogP contribution in [0.25, 0.3) is 11.4 Å². The number of aryl methyl sites for hydroxylation is 1. The van der Waals surface area contributed by atoms with Crippen LogP contribution >= 0.6 is 27.7 Å². The molecule has 5 nitrogen and oxygen atoms in total. The Morgan fingerprint density at radius 3 is 2.44 bits per heavy atom. The van der Waals surface area contributed by atoms with Crippen molar-refractivity contribution in [3.05, 3.63) is 64.1 Å². The molecule has 0 aliphatic heterocycles. The van der Waals surface area contributed by atoms with Crippen LogP contribution in [0.3, 0.4) is 0 Å². The maximum atomic E-state index is 12.4. The topological polar surface area (TPSA) is 61.9 Å². The third-order valence-corrected chi connectivity index (χ3v) is 5.54. The number of nitrogens with one attached hydrogen (secondary N) is 1. The van der Waals surface area contributed by atoms with Crippen molar-refractivity contribution < 1.29 is 4.79 Å². The second-order valence-electron chi connectivity index (χ2n) is 6.18. The van der Waals surface area contributed by atoms with Crippen LogP contribution in [0, 0.1) is 0 Å². The van der Waals surface area contributed by atoms with E-state index < -0.39 is 0 Å². The molecule has 2 aromatic carbocycles. The van der Waals surface area contributed by atoms with Crippen LogP contribution in [0.5, 0.6) is 0 Å². The summed E-state index contributed by atoms with van der Waals surface area (Å²) in [6.45, 7) is 2.71. The highest BCUT2D eigenvalue weighted by molar-refractivity contribution is 9.10. The van der Waals surface area contributed by atoms with Crippen molar-refractivity contribution >= 4 is 33.6 Å². The number of hydrogen-bond donors (Lipinski definition) is 1. The number of hydrogen-bond acceptors (Lipinski definition) is 4. The number of aromatic nitrogens is 3. The first-order valence-electron chi connectivity index (χ1n) is 8.68. The van der Waals surface area contributed by atoms with Gasteiger partial charge in [-0.3, -0.25) is 9.89 Å². The number of carbonyl (C=O) groups excluding carboxylic acids is 1. The minimum Gasteiger partial charge on any atom is -0.341 e. The Hall–Kier alpha value is -2.12. The normalized spacial score (nSPS) is 10.8. The Labute approximate surface area is 171 Å². The molecule has 27 heavy (non-hydrogen) atoms. The minimum absolute atomic E-state index is 0.0431. The van der Waals surface area contributed by atoms with E-state index in [2.05, 4.69) is 50.2 Å². The summed E-state index contributed by atoms with van der Waals surface area (Å²) in [5.41, 5.74) is 3.37. The summed E-state index contributed by atoms with van der Waals surface area (Å²) >= 11 is 4.76. The number of thioether (sulfide) groups is 1. The second-order valence-corrected chi connectivity index (χ2v) is 8.04. The zero-order valence-electron chi connectivity index (χ0n) is 15.3. The third-order valence-electron chi connectivity index (χ3n) is 4.18. The van der Waals surface area contributed by atoms with E-state index in [4.69, 9.17) is 0 Å². The van der Waals surface area contributed by atoms with Crippen LogP contribution in [0.4, 0.5) is 0 Å². The Kier molecular flexibility index (Phi) is 6.68. The Morgan fingerprint density at radius 1 is 1.11 bits per heavy atom. The Balaban J connectivity index is 1.54. The number of rotatable bonds is 7. The van der Waals surface area contributed by atoms with Crippen molar-refractivity contribution in [2.45, 2.75) is 25.0 Å². The van der Waals surface area contributed by atoms with Crippen LogP contribution in [0.15, 0.2) is 58.2 Å².